The molecule has 0 saturated carbocycles. The minimum Gasteiger partial charge on any atom is -0.372 e. The summed E-state index contributed by atoms with van der Waals surface area (Å²) in [6.07, 6.45) is 2.50. The maximum Gasteiger partial charge on any atom is 0.241 e. The van der Waals surface area contributed by atoms with E-state index in [1.807, 2.05) is 37.3 Å². The molecule has 4 nitrogen and oxygen atoms in total. The monoisotopic (exact) mass is 323 g/mol. The molecule has 2 atom stereocenters. The molecule has 126 valence electrons. The Morgan fingerprint density at radius 1 is 1.04 bits per heavy atom. The number of benzene rings is 2. The fraction of sp³-hybridized carbons (Fsp3) is 0.350. The summed E-state index contributed by atoms with van der Waals surface area (Å²) in [6.45, 7) is 4.23. The van der Waals surface area contributed by atoms with Crippen LogP contribution in [-0.4, -0.2) is 19.0 Å². The molecule has 1 fully saturated rings. The SMILES string of the molecule is CC(NC(=O)C(N)c1ccccc1)c1cccc(N2CCCC2)c1. The van der Waals surface area contributed by atoms with E-state index >= 15 is 0 Å². The average Bonchev–Trinajstić information content (AvgIpc) is 3.16. The van der Waals surface area contributed by atoms with Crippen molar-refractivity contribution in [1.29, 1.82) is 0 Å². The standard InChI is InChI=1S/C20H25N3O/c1-15(22-20(24)19(21)16-8-3-2-4-9-16)17-10-7-11-18(14-17)23-12-5-6-13-23/h2-4,7-11,14-15,19H,5-6,12-13,21H2,1H3,(H,22,24). The molecule has 1 aliphatic rings. The van der Waals surface area contributed by atoms with Gasteiger partial charge in [0.1, 0.15) is 6.04 Å². The molecular weight excluding hydrogens is 298 g/mol. The van der Waals surface area contributed by atoms with E-state index in [0.717, 1.165) is 24.2 Å². The van der Waals surface area contributed by atoms with Gasteiger partial charge in [-0.25, -0.2) is 0 Å². The molecule has 3 N–H and O–H groups in total. The van der Waals surface area contributed by atoms with E-state index in [4.69, 9.17) is 5.73 Å². The first-order valence-corrected chi connectivity index (χ1v) is 8.61. The van der Waals surface area contributed by atoms with Crippen LogP contribution in [0.2, 0.25) is 0 Å². The lowest BCUT2D eigenvalue weighted by molar-refractivity contribution is -0.123. The van der Waals surface area contributed by atoms with E-state index in [9.17, 15) is 4.79 Å². The Morgan fingerprint density at radius 3 is 2.42 bits per heavy atom. The molecule has 2 unspecified atom stereocenters. The van der Waals surface area contributed by atoms with Gasteiger partial charge in [0.25, 0.3) is 0 Å². The van der Waals surface area contributed by atoms with Gasteiger partial charge in [-0.15, -0.1) is 0 Å². The molecule has 0 bridgehead atoms. The van der Waals surface area contributed by atoms with Crippen LogP contribution in [0.3, 0.4) is 0 Å². The lowest BCUT2D eigenvalue weighted by Crippen LogP contribution is -2.35. The second-order valence-corrected chi connectivity index (χ2v) is 6.41. The maximum atomic E-state index is 12.4. The number of nitrogens with zero attached hydrogens (tertiary/aromatic N) is 1. The molecule has 0 radical (unpaired) electrons. The maximum absolute atomic E-state index is 12.4. The van der Waals surface area contributed by atoms with Crippen LogP contribution in [0.25, 0.3) is 0 Å². The average molecular weight is 323 g/mol. The third-order valence-corrected chi connectivity index (χ3v) is 4.64. The summed E-state index contributed by atoms with van der Waals surface area (Å²) in [5.41, 5.74) is 9.24. The van der Waals surface area contributed by atoms with Gasteiger partial charge in [-0.05, 0) is 43.0 Å². The van der Waals surface area contributed by atoms with E-state index in [1.165, 1.54) is 18.5 Å². The van der Waals surface area contributed by atoms with E-state index in [0.29, 0.717) is 0 Å². The van der Waals surface area contributed by atoms with Crippen LogP contribution in [0.5, 0.6) is 0 Å². The van der Waals surface area contributed by atoms with Crippen molar-refractivity contribution < 1.29 is 4.79 Å². The fourth-order valence-corrected chi connectivity index (χ4v) is 3.16. The molecule has 0 spiro atoms. The largest absolute Gasteiger partial charge is 0.372 e. The third kappa shape index (κ3) is 3.77. The summed E-state index contributed by atoms with van der Waals surface area (Å²) < 4.78 is 0. The molecule has 0 aromatic heterocycles. The Hall–Kier alpha value is -2.33. The van der Waals surface area contributed by atoms with Crippen LogP contribution < -0.4 is 16.0 Å². The number of rotatable bonds is 5. The van der Waals surface area contributed by atoms with Gasteiger partial charge < -0.3 is 16.0 Å². The van der Waals surface area contributed by atoms with Crippen molar-refractivity contribution in [3.8, 4) is 0 Å². The highest BCUT2D eigenvalue weighted by molar-refractivity contribution is 5.83. The van der Waals surface area contributed by atoms with Crippen LogP contribution in [0.4, 0.5) is 5.69 Å². The highest BCUT2D eigenvalue weighted by Gasteiger charge is 2.19. The molecule has 1 saturated heterocycles. The van der Waals surface area contributed by atoms with Crippen molar-refractivity contribution in [2.75, 3.05) is 18.0 Å². The van der Waals surface area contributed by atoms with E-state index in [-0.39, 0.29) is 11.9 Å². The number of carbonyl (C=O) groups excluding carboxylic acids is 1. The van der Waals surface area contributed by atoms with E-state index in [1.54, 1.807) is 0 Å². The summed E-state index contributed by atoms with van der Waals surface area (Å²) >= 11 is 0. The Bertz CT molecular complexity index is 680. The normalized spacial score (nSPS) is 16.7. The van der Waals surface area contributed by atoms with Gasteiger partial charge in [0, 0.05) is 18.8 Å². The van der Waals surface area contributed by atoms with Gasteiger partial charge in [-0.3, -0.25) is 4.79 Å². The van der Waals surface area contributed by atoms with Crippen LogP contribution in [0.15, 0.2) is 54.6 Å². The van der Waals surface area contributed by atoms with Crippen molar-refractivity contribution in [1.82, 2.24) is 5.32 Å². The van der Waals surface area contributed by atoms with Gasteiger partial charge in [0.15, 0.2) is 0 Å². The molecule has 2 aromatic carbocycles. The summed E-state index contributed by atoms with van der Waals surface area (Å²) in [5, 5.41) is 3.03. The quantitative estimate of drug-likeness (QED) is 0.888. The van der Waals surface area contributed by atoms with Crippen LogP contribution in [-0.2, 0) is 4.79 Å². The van der Waals surface area contributed by atoms with Crippen molar-refractivity contribution in [2.24, 2.45) is 5.73 Å². The minimum absolute atomic E-state index is 0.0742. The molecule has 1 heterocycles. The van der Waals surface area contributed by atoms with Crippen LogP contribution >= 0.6 is 0 Å². The highest BCUT2D eigenvalue weighted by atomic mass is 16.2. The number of carbonyl (C=O) groups is 1. The summed E-state index contributed by atoms with van der Waals surface area (Å²) in [4.78, 5) is 14.8. The molecule has 24 heavy (non-hydrogen) atoms. The Kier molecular flexibility index (Phi) is 5.16. The first-order valence-electron chi connectivity index (χ1n) is 8.61. The predicted molar refractivity (Wildman–Crippen MR) is 97.8 cm³/mol. The number of hydrogen-bond donors (Lipinski definition) is 2. The second kappa shape index (κ2) is 7.49. The van der Waals surface area contributed by atoms with Crippen molar-refractivity contribution in [3.05, 3.63) is 65.7 Å². The molecule has 0 aliphatic carbocycles. The number of hydrogen-bond acceptors (Lipinski definition) is 3. The molecule has 1 aliphatic heterocycles. The predicted octanol–water partition coefficient (Wildman–Crippen LogP) is 3.16. The molecule has 4 heteroatoms. The van der Waals surface area contributed by atoms with E-state index in [2.05, 4.69) is 34.5 Å². The minimum atomic E-state index is -0.643. The number of nitrogens with two attached hydrogens (primary N) is 1. The van der Waals surface area contributed by atoms with Gasteiger partial charge in [-0.1, -0.05) is 42.5 Å². The molecule has 2 aromatic rings. The van der Waals surface area contributed by atoms with Gasteiger partial charge in [0.05, 0.1) is 6.04 Å². The third-order valence-electron chi connectivity index (χ3n) is 4.64. The molecule has 3 rings (SSSR count). The highest BCUT2D eigenvalue weighted by Crippen LogP contribution is 2.24. The summed E-state index contributed by atoms with van der Waals surface area (Å²) in [6, 6.07) is 17.2. The Morgan fingerprint density at radius 2 is 1.71 bits per heavy atom. The zero-order valence-corrected chi connectivity index (χ0v) is 14.1. The smallest absolute Gasteiger partial charge is 0.241 e. The van der Waals surface area contributed by atoms with Gasteiger partial charge in [0.2, 0.25) is 5.91 Å². The summed E-state index contributed by atoms with van der Waals surface area (Å²) in [5.74, 6) is -0.153. The topological polar surface area (TPSA) is 58.4 Å². The lowest BCUT2D eigenvalue weighted by atomic mass is 10.0. The Labute approximate surface area is 143 Å². The molecular formula is C20H25N3O. The van der Waals surface area contributed by atoms with Crippen molar-refractivity contribution in [3.63, 3.8) is 0 Å². The fourth-order valence-electron chi connectivity index (χ4n) is 3.16. The lowest BCUT2D eigenvalue weighted by Gasteiger charge is -2.22. The number of amides is 1. The van der Waals surface area contributed by atoms with Crippen molar-refractivity contribution in [2.45, 2.75) is 31.8 Å². The second-order valence-electron chi connectivity index (χ2n) is 6.41. The van der Waals surface area contributed by atoms with Gasteiger partial charge >= 0.3 is 0 Å². The van der Waals surface area contributed by atoms with E-state index < -0.39 is 6.04 Å². The Balaban J connectivity index is 1.67. The zero-order valence-electron chi connectivity index (χ0n) is 14.1. The number of nitrogens with one attached hydrogen (secondary N) is 1. The first-order chi connectivity index (χ1) is 11.6. The molecule has 1 amide bonds. The van der Waals surface area contributed by atoms with Crippen LogP contribution in [0, 0.1) is 0 Å². The number of anilines is 1. The first kappa shape index (κ1) is 16.5. The van der Waals surface area contributed by atoms with Gasteiger partial charge in [-0.2, -0.15) is 0 Å². The summed E-state index contributed by atoms with van der Waals surface area (Å²) in [7, 11) is 0. The van der Waals surface area contributed by atoms with Crippen LogP contribution in [0.1, 0.15) is 43.0 Å². The zero-order chi connectivity index (χ0) is 16.9. The van der Waals surface area contributed by atoms with Crippen molar-refractivity contribution >= 4 is 11.6 Å².